The summed E-state index contributed by atoms with van der Waals surface area (Å²) in [5, 5.41) is 12.8. The first-order valence-corrected chi connectivity index (χ1v) is 11.6. The van der Waals surface area contributed by atoms with Crippen molar-refractivity contribution in [2.24, 2.45) is 0 Å². The van der Waals surface area contributed by atoms with Crippen molar-refractivity contribution in [2.75, 3.05) is 11.1 Å². The molecule has 6 heteroatoms. The van der Waals surface area contributed by atoms with Crippen LogP contribution in [0.5, 0.6) is 0 Å². The van der Waals surface area contributed by atoms with Crippen LogP contribution in [-0.2, 0) is 4.79 Å². The predicted molar refractivity (Wildman–Crippen MR) is 122 cm³/mol. The number of benzene rings is 2. The highest BCUT2D eigenvalue weighted by molar-refractivity contribution is 7.99. The first-order valence-electron chi connectivity index (χ1n) is 10.6. The Balaban J connectivity index is 1.52. The summed E-state index contributed by atoms with van der Waals surface area (Å²) in [6.07, 6.45) is 6.10. The molecule has 1 fully saturated rings. The van der Waals surface area contributed by atoms with Gasteiger partial charge < -0.3 is 5.32 Å². The van der Waals surface area contributed by atoms with Gasteiger partial charge in [-0.05, 0) is 62.1 Å². The van der Waals surface area contributed by atoms with Crippen LogP contribution >= 0.6 is 11.8 Å². The van der Waals surface area contributed by atoms with Crippen LogP contribution in [-0.4, -0.2) is 26.4 Å². The maximum absolute atomic E-state index is 12.6. The molecule has 0 bridgehead atoms. The second kappa shape index (κ2) is 9.47. The monoisotopic (exact) mass is 420 g/mol. The lowest BCUT2D eigenvalue weighted by atomic mass is 9.88. The van der Waals surface area contributed by atoms with Crippen LogP contribution in [0.3, 0.4) is 0 Å². The zero-order valence-corrected chi connectivity index (χ0v) is 18.4. The number of hydrogen-bond donors (Lipinski definition) is 1. The van der Waals surface area contributed by atoms with Gasteiger partial charge in [0.05, 0.1) is 5.75 Å². The minimum atomic E-state index is -0.0353. The second-order valence-corrected chi connectivity index (χ2v) is 9.00. The van der Waals surface area contributed by atoms with Crippen LogP contribution in [0.1, 0.15) is 55.0 Å². The zero-order valence-electron chi connectivity index (χ0n) is 17.6. The maximum Gasteiger partial charge on any atom is 0.234 e. The predicted octanol–water partition coefficient (Wildman–Crippen LogP) is 5.66. The molecule has 0 atom stereocenters. The van der Waals surface area contributed by atoms with Crippen molar-refractivity contribution in [2.45, 2.75) is 57.0 Å². The average Bonchev–Trinajstić information content (AvgIpc) is 3.17. The van der Waals surface area contributed by atoms with Gasteiger partial charge in [-0.3, -0.25) is 9.36 Å². The van der Waals surface area contributed by atoms with Crippen molar-refractivity contribution >= 4 is 23.4 Å². The molecule has 1 saturated carbocycles. The number of aryl methyl sites for hydroxylation is 2. The molecule has 4 rings (SSSR count). The first-order chi connectivity index (χ1) is 14.6. The van der Waals surface area contributed by atoms with Crippen molar-refractivity contribution in [1.29, 1.82) is 0 Å². The molecule has 2 aromatic carbocycles. The highest BCUT2D eigenvalue weighted by atomic mass is 32.2. The number of nitrogens with zero attached hydrogens (tertiary/aromatic N) is 3. The summed E-state index contributed by atoms with van der Waals surface area (Å²) < 4.78 is 2.14. The van der Waals surface area contributed by atoms with Crippen molar-refractivity contribution < 1.29 is 4.79 Å². The van der Waals surface area contributed by atoms with Crippen molar-refractivity contribution in [3.63, 3.8) is 0 Å². The third-order valence-electron chi connectivity index (χ3n) is 5.48. The van der Waals surface area contributed by atoms with E-state index in [1.807, 2.05) is 44.2 Å². The van der Waals surface area contributed by atoms with Crippen LogP contribution < -0.4 is 5.32 Å². The van der Waals surface area contributed by atoms with E-state index in [9.17, 15) is 4.79 Å². The van der Waals surface area contributed by atoms with Crippen molar-refractivity contribution in [3.8, 4) is 5.69 Å². The molecule has 1 aliphatic rings. The zero-order chi connectivity index (χ0) is 20.9. The van der Waals surface area contributed by atoms with Crippen molar-refractivity contribution in [1.82, 2.24) is 14.8 Å². The lowest BCUT2D eigenvalue weighted by Crippen LogP contribution is -2.15. The van der Waals surface area contributed by atoms with Gasteiger partial charge in [0, 0.05) is 17.3 Å². The molecule has 1 heterocycles. The Morgan fingerprint density at radius 3 is 2.43 bits per heavy atom. The van der Waals surface area contributed by atoms with Gasteiger partial charge in [-0.1, -0.05) is 55.3 Å². The molecular weight excluding hydrogens is 392 g/mol. The summed E-state index contributed by atoms with van der Waals surface area (Å²) >= 11 is 1.44. The van der Waals surface area contributed by atoms with E-state index in [1.54, 1.807) is 0 Å². The number of carbonyl (C=O) groups excluding carboxylic acids is 1. The number of anilines is 1. The molecule has 156 valence electrons. The van der Waals surface area contributed by atoms with Gasteiger partial charge in [-0.25, -0.2) is 0 Å². The van der Waals surface area contributed by atoms with E-state index in [0.717, 1.165) is 46.3 Å². The molecule has 0 saturated heterocycles. The standard InChI is InChI=1S/C24H28N4OS/c1-17-13-18(2)15-20(14-17)25-22(29)16-30-24-27-26-23(19-9-5-3-6-10-19)28(24)21-11-7-4-8-12-21/h4,7-8,11-15,19H,3,5-6,9-10,16H2,1-2H3,(H,25,29). The van der Waals surface area contributed by atoms with E-state index in [4.69, 9.17) is 0 Å². The highest BCUT2D eigenvalue weighted by Crippen LogP contribution is 2.34. The van der Waals surface area contributed by atoms with Crippen molar-refractivity contribution in [3.05, 3.63) is 65.5 Å². The molecule has 0 aliphatic heterocycles. The number of thioether (sulfide) groups is 1. The largest absolute Gasteiger partial charge is 0.325 e. The van der Waals surface area contributed by atoms with Gasteiger partial charge in [-0.2, -0.15) is 0 Å². The molecule has 1 N–H and O–H groups in total. The molecule has 1 aromatic heterocycles. The fourth-order valence-corrected chi connectivity index (χ4v) is 4.95. The summed E-state index contributed by atoms with van der Waals surface area (Å²) in [5.74, 6) is 1.72. The van der Waals surface area contributed by atoms with Gasteiger partial charge >= 0.3 is 0 Å². The SMILES string of the molecule is Cc1cc(C)cc(NC(=O)CSc2nnc(C3CCCCC3)n2-c2ccccc2)c1. The number of hydrogen-bond acceptors (Lipinski definition) is 4. The van der Waals surface area contributed by atoms with Gasteiger partial charge in [0.25, 0.3) is 0 Å². The summed E-state index contributed by atoms with van der Waals surface area (Å²) in [5.41, 5.74) is 4.17. The third kappa shape index (κ3) is 4.93. The van der Waals surface area contributed by atoms with E-state index < -0.39 is 0 Å². The van der Waals surface area contributed by atoms with E-state index in [2.05, 4.69) is 38.3 Å². The Kier molecular flexibility index (Phi) is 6.53. The Morgan fingerprint density at radius 1 is 1.03 bits per heavy atom. The molecule has 0 spiro atoms. The lowest BCUT2D eigenvalue weighted by Gasteiger charge is -2.22. The molecule has 30 heavy (non-hydrogen) atoms. The van der Waals surface area contributed by atoms with Crippen LogP contribution in [0.2, 0.25) is 0 Å². The summed E-state index contributed by atoms with van der Waals surface area (Å²) in [6.45, 7) is 4.07. The van der Waals surface area contributed by atoms with Crippen LogP contribution in [0.4, 0.5) is 5.69 Å². The quantitative estimate of drug-likeness (QED) is 0.523. The minimum absolute atomic E-state index is 0.0353. The van der Waals surface area contributed by atoms with Gasteiger partial charge in [0.1, 0.15) is 5.82 Å². The Bertz CT molecular complexity index is 989. The number of carbonyl (C=O) groups is 1. The number of para-hydroxylation sites is 1. The number of aromatic nitrogens is 3. The summed E-state index contributed by atoms with van der Waals surface area (Å²) in [7, 11) is 0. The normalized spacial score (nSPS) is 14.6. The van der Waals surface area contributed by atoms with Gasteiger partial charge in [-0.15, -0.1) is 10.2 Å². The van der Waals surface area contributed by atoms with Crippen LogP contribution in [0.25, 0.3) is 5.69 Å². The van der Waals surface area contributed by atoms with E-state index in [0.29, 0.717) is 11.7 Å². The third-order valence-corrected chi connectivity index (χ3v) is 6.41. The van der Waals surface area contributed by atoms with Gasteiger partial charge in [0.2, 0.25) is 5.91 Å². The average molecular weight is 421 g/mol. The smallest absolute Gasteiger partial charge is 0.234 e. The molecule has 0 unspecified atom stereocenters. The molecule has 1 aliphatic carbocycles. The summed E-state index contributed by atoms with van der Waals surface area (Å²) in [6, 6.07) is 16.3. The number of rotatable bonds is 6. The summed E-state index contributed by atoms with van der Waals surface area (Å²) in [4.78, 5) is 12.6. The van der Waals surface area contributed by atoms with E-state index in [-0.39, 0.29) is 5.91 Å². The molecule has 5 nitrogen and oxygen atoms in total. The highest BCUT2D eigenvalue weighted by Gasteiger charge is 2.24. The Hall–Kier alpha value is -2.60. The fourth-order valence-electron chi connectivity index (χ4n) is 4.19. The topological polar surface area (TPSA) is 59.8 Å². The van der Waals surface area contributed by atoms with E-state index in [1.165, 1.54) is 31.0 Å². The molecular formula is C24H28N4OS. The molecule has 0 radical (unpaired) electrons. The Morgan fingerprint density at radius 2 is 1.73 bits per heavy atom. The minimum Gasteiger partial charge on any atom is -0.325 e. The maximum atomic E-state index is 12.6. The van der Waals surface area contributed by atoms with Crippen LogP contribution in [0.15, 0.2) is 53.7 Å². The Labute approximate surface area is 182 Å². The first kappa shape index (κ1) is 20.7. The number of nitrogens with one attached hydrogen (secondary N) is 1. The lowest BCUT2D eigenvalue weighted by molar-refractivity contribution is -0.113. The second-order valence-electron chi connectivity index (χ2n) is 8.06. The van der Waals surface area contributed by atoms with Gasteiger partial charge in [0.15, 0.2) is 5.16 Å². The van der Waals surface area contributed by atoms with E-state index >= 15 is 0 Å². The van der Waals surface area contributed by atoms with Crippen LogP contribution in [0, 0.1) is 13.8 Å². The molecule has 3 aromatic rings. The fraction of sp³-hybridized carbons (Fsp3) is 0.375. The number of amides is 1. The molecule has 1 amide bonds.